The van der Waals surface area contributed by atoms with Crippen molar-refractivity contribution in [2.75, 3.05) is 13.7 Å². The maximum atomic E-state index is 6.31. The van der Waals surface area contributed by atoms with Crippen LogP contribution in [0, 0.1) is 0 Å². The van der Waals surface area contributed by atoms with Gasteiger partial charge in [0.05, 0.1) is 5.22 Å². The molecule has 0 aliphatic heterocycles. The van der Waals surface area contributed by atoms with Gasteiger partial charge in [0.1, 0.15) is 0 Å². The summed E-state index contributed by atoms with van der Waals surface area (Å²) in [6.07, 6.45) is 1.02. The summed E-state index contributed by atoms with van der Waals surface area (Å²) in [4.78, 5) is 0. The summed E-state index contributed by atoms with van der Waals surface area (Å²) < 4.78 is 12.1. The van der Waals surface area contributed by atoms with E-state index in [1.807, 2.05) is 7.11 Å². The molecule has 0 bridgehead atoms. The monoisotopic (exact) mass is 263 g/mol. The summed E-state index contributed by atoms with van der Waals surface area (Å²) >= 11 is 0. The molecule has 0 aromatic carbocycles. The molecule has 98 valence electrons. The van der Waals surface area contributed by atoms with Crippen LogP contribution in [-0.4, -0.2) is 35.5 Å². The van der Waals surface area contributed by atoms with Crippen molar-refractivity contribution >= 4 is 16.6 Å². The van der Waals surface area contributed by atoms with Crippen molar-refractivity contribution in [1.29, 1.82) is 0 Å². The van der Waals surface area contributed by atoms with Gasteiger partial charge in [-0.05, 0) is 59.0 Å². The Bertz CT molecular complexity index is 217. The van der Waals surface area contributed by atoms with Crippen LogP contribution in [0.3, 0.4) is 0 Å². The Labute approximate surface area is 103 Å². The first-order chi connectivity index (χ1) is 7.08. The van der Waals surface area contributed by atoms with Crippen LogP contribution in [0.5, 0.6) is 0 Å². The van der Waals surface area contributed by atoms with E-state index in [9.17, 15) is 0 Å². The van der Waals surface area contributed by atoms with E-state index in [2.05, 4.69) is 40.0 Å². The second-order valence-corrected chi connectivity index (χ2v) is 15.1. The van der Waals surface area contributed by atoms with E-state index in [0.29, 0.717) is 0 Å². The van der Waals surface area contributed by atoms with Crippen molar-refractivity contribution in [2.24, 2.45) is 5.73 Å². The molecule has 0 aliphatic carbocycles. The van der Waals surface area contributed by atoms with Crippen molar-refractivity contribution in [1.82, 2.24) is 0 Å². The Kier molecular flexibility index (Phi) is 5.89. The Morgan fingerprint density at radius 2 is 1.62 bits per heavy atom. The Balaban J connectivity index is 4.76. The lowest BCUT2D eigenvalue weighted by molar-refractivity contribution is 0.145. The third kappa shape index (κ3) is 4.67. The predicted octanol–water partition coefficient (Wildman–Crippen LogP) is 2.73. The molecule has 1 unspecified atom stereocenters. The summed E-state index contributed by atoms with van der Waals surface area (Å²) in [6.45, 7) is 14.0. The smallest absolute Gasteiger partial charge is 0.218 e. The minimum absolute atomic E-state index is 0.138. The molecular formula is C11H29NO2Si2. The molecule has 0 fully saturated rings. The van der Waals surface area contributed by atoms with Crippen LogP contribution in [0.25, 0.3) is 0 Å². The topological polar surface area (TPSA) is 44.5 Å². The summed E-state index contributed by atoms with van der Waals surface area (Å²) in [7, 11) is -1.57. The van der Waals surface area contributed by atoms with Gasteiger partial charge in [-0.25, -0.2) is 0 Å². The molecule has 0 amide bonds. The molecule has 0 saturated heterocycles. The summed E-state index contributed by atoms with van der Waals surface area (Å²) in [5.41, 5.74) is 5.60. The van der Waals surface area contributed by atoms with Crippen LogP contribution in [0.2, 0.25) is 32.2 Å². The fourth-order valence-corrected chi connectivity index (χ4v) is 7.45. The molecular weight excluding hydrogens is 234 g/mol. The number of rotatable bonds is 7. The van der Waals surface area contributed by atoms with Gasteiger partial charge in [-0.15, -0.1) is 0 Å². The third-order valence-corrected chi connectivity index (χ3v) is 9.33. The molecule has 0 saturated carbocycles. The normalized spacial score (nSPS) is 17.2. The molecule has 0 aromatic rings. The highest BCUT2D eigenvalue weighted by atomic mass is 28.4. The van der Waals surface area contributed by atoms with E-state index >= 15 is 0 Å². The van der Waals surface area contributed by atoms with Crippen molar-refractivity contribution in [3.05, 3.63) is 0 Å². The standard InChI is InChI=1S/C11H29NO2Si2/c1-11(2,14-15(4,5)6)16(7,13-3)10-8-9-12/h8-10,12H2,1-7H3. The van der Waals surface area contributed by atoms with Crippen LogP contribution in [0.4, 0.5) is 0 Å². The molecule has 0 aliphatic rings. The largest absolute Gasteiger partial charge is 0.417 e. The zero-order chi connectivity index (χ0) is 13.0. The van der Waals surface area contributed by atoms with Gasteiger partial charge < -0.3 is 14.6 Å². The van der Waals surface area contributed by atoms with E-state index < -0.39 is 16.6 Å². The molecule has 0 radical (unpaired) electrons. The average Bonchev–Trinajstić information content (AvgIpc) is 2.10. The first kappa shape index (κ1) is 16.3. The number of hydrogen-bond donors (Lipinski definition) is 1. The highest BCUT2D eigenvalue weighted by Crippen LogP contribution is 2.32. The predicted molar refractivity (Wildman–Crippen MR) is 75.6 cm³/mol. The van der Waals surface area contributed by atoms with Crippen LogP contribution in [0.15, 0.2) is 0 Å². The molecule has 2 N–H and O–H groups in total. The quantitative estimate of drug-likeness (QED) is 0.718. The van der Waals surface area contributed by atoms with Gasteiger partial charge in [0, 0.05) is 7.11 Å². The molecule has 0 heterocycles. The Morgan fingerprint density at radius 1 is 1.12 bits per heavy atom. The Morgan fingerprint density at radius 3 is 1.94 bits per heavy atom. The van der Waals surface area contributed by atoms with Crippen molar-refractivity contribution in [3.8, 4) is 0 Å². The lowest BCUT2D eigenvalue weighted by Gasteiger charge is -2.44. The van der Waals surface area contributed by atoms with E-state index in [0.717, 1.165) is 19.0 Å². The molecule has 0 aromatic heterocycles. The van der Waals surface area contributed by atoms with Crippen LogP contribution in [0.1, 0.15) is 20.3 Å². The molecule has 0 spiro atoms. The molecule has 5 heteroatoms. The number of nitrogens with two attached hydrogens (primary N) is 1. The van der Waals surface area contributed by atoms with Gasteiger partial charge in [-0.2, -0.15) is 0 Å². The molecule has 1 atom stereocenters. The maximum Gasteiger partial charge on any atom is 0.218 e. The summed E-state index contributed by atoms with van der Waals surface area (Å²) in [5, 5.41) is -0.138. The van der Waals surface area contributed by atoms with E-state index in [1.165, 1.54) is 0 Å². The van der Waals surface area contributed by atoms with Crippen LogP contribution < -0.4 is 5.73 Å². The van der Waals surface area contributed by atoms with Gasteiger partial charge in [0.25, 0.3) is 0 Å². The van der Waals surface area contributed by atoms with E-state index in [4.69, 9.17) is 14.6 Å². The minimum Gasteiger partial charge on any atom is -0.417 e. The first-order valence-electron chi connectivity index (χ1n) is 6.03. The summed E-state index contributed by atoms with van der Waals surface area (Å²) in [6, 6.07) is 1.07. The van der Waals surface area contributed by atoms with Crippen molar-refractivity contribution in [3.63, 3.8) is 0 Å². The van der Waals surface area contributed by atoms with Gasteiger partial charge in [0.2, 0.25) is 8.32 Å². The van der Waals surface area contributed by atoms with Crippen molar-refractivity contribution < 1.29 is 8.85 Å². The van der Waals surface area contributed by atoms with E-state index in [-0.39, 0.29) is 5.22 Å². The molecule has 3 nitrogen and oxygen atoms in total. The lowest BCUT2D eigenvalue weighted by Crippen LogP contribution is -2.59. The van der Waals surface area contributed by atoms with E-state index in [1.54, 1.807) is 0 Å². The Hall–Kier alpha value is 0.314. The molecule has 16 heavy (non-hydrogen) atoms. The average molecular weight is 264 g/mol. The van der Waals surface area contributed by atoms with Gasteiger partial charge in [0.15, 0.2) is 8.32 Å². The molecule has 0 rings (SSSR count). The van der Waals surface area contributed by atoms with Crippen LogP contribution in [-0.2, 0) is 8.85 Å². The van der Waals surface area contributed by atoms with Crippen LogP contribution >= 0.6 is 0 Å². The second-order valence-electron chi connectivity index (χ2n) is 6.05. The first-order valence-corrected chi connectivity index (χ1v) is 12.1. The maximum absolute atomic E-state index is 6.31. The van der Waals surface area contributed by atoms with Gasteiger partial charge in [-0.1, -0.05) is 0 Å². The number of hydrogen-bond acceptors (Lipinski definition) is 3. The highest BCUT2D eigenvalue weighted by molar-refractivity contribution is 6.77. The minimum atomic E-state index is -1.85. The zero-order valence-electron chi connectivity index (χ0n) is 12.0. The van der Waals surface area contributed by atoms with Crippen molar-refractivity contribution in [2.45, 2.75) is 57.7 Å². The van der Waals surface area contributed by atoms with Gasteiger partial charge in [-0.3, -0.25) is 0 Å². The van der Waals surface area contributed by atoms with Gasteiger partial charge >= 0.3 is 0 Å². The summed E-state index contributed by atoms with van der Waals surface area (Å²) in [5.74, 6) is 0. The highest BCUT2D eigenvalue weighted by Gasteiger charge is 2.47. The third-order valence-electron chi connectivity index (χ3n) is 3.14. The SMILES string of the molecule is CO[Si](C)(CCCN)C(C)(C)O[Si](C)(C)C. The second kappa shape index (κ2) is 5.77. The zero-order valence-corrected chi connectivity index (χ0v) is 14.0. The fraction of sp³-hybridized carbons (Fsp3) is 1.00. The lowest BCUT2D eigenvalue weighted by atomic mass is 10.5. The fourth-order valence-electron chi connectivity index (χ4n) is 1.96.